The number of nitrogens with zero attached hydrogens (tertiary/aromatic N) is 3. The van der Waals surface area contributed by atoms with Crippen LogP contribution in [0.3, 0.4) is 0 Å². The molecule has 0 amide bonds. The zero-order valence-corrected chi connectivity index (χ0v) is 12.8. The quantitative estimate of drug-likeness (QED) is 0.690. The molecular weight excluding hydrogens is 294 g/mol. The first-order valence-corrected chi connectivity index (χ1v) is 7.07. The Labute approximate surface area is 133 Å². The number of methoxy groups -OCH3 is 1. The van der Waals surface area contributed by atoms with E-state index < -0.39 is 5.97 Å². The Kier molecular flexibility index (Phi) is 4.14. The van der Waals surface area contributed by atoms with Crippen molar-refractivity contribution in [2.24, 2.45) is 0 Å². The summed E-state index contributed by atoms with van der Waals surface area (Å²) in [6.07, 6.45) is 1.42. The Bertz CT molecular complexity index is 847. The first-order chi connectivity index (χ1) is 11.2. The number of carbonyl (C=O) groups excluding carboxylic acids is 1. The summed E-state index contributed by atoms with van der Waals surface area (Å²) in [5.41, 5.74) is 3.33. The van der Waals surface area contributed by atoms with Gasteiger partial charge in [0.15, 0.2) is 0 Å². The number of esters is 1. The van der Waals surface area contributed by atoms with Crippen molar-refractivity contribution in [2.45, 2.75) is 13.5 Å². The van der Waals surface area contributed by atoms with Gasteiger partial charge in [-0.05, 0) is 25.1 Å². The minimum absolute atomic E-state index is 0.0640. The van der Waals surface area contributed by atoms with Crippen LogP contribution in [0.15, 0.2) is 42.6 Å². The first-order valence-electron chi connectivity index (χ1n) is 7.07. The molecule has 6 nitrogen and oxygen atoms in total. The van der Waals surface area contributed by atoms with E-state index in [1.165, 1.54) is 13.3 Å². The van der Waals surface area contributed by atoms with Crippen LogP contribution < -0.4 is 4.74 Å². The Morgan fingerprint density at radius 1 is 1.09 bits per heavy atom. The topological polar surface area (TPSA) is 74.2 Å². The normalized spacial score (nSPS) is 10.5. The average molecular weight is 309 g/mol. The minimum atomic E-state index is -0.463. The Morgan fingerprint density at radius 2 is 1.83 bits per heavy atom. The van der Waals surface area contributed by atoms with Crippen LogP contribution in [0.2, 0.25) is 0 Å². The van der Waals surface area contributed by atoms with Crippen LogP contribution in [0.4, 0.5) is 0 Å². The third-order valence-electron chi connectivity index (χ3n) is 3.36. The number of aryl methyl sites for hydroxylation is 1. The SMILES string of the molecule is COc1ccc(C(=O)OCc2nc3ccccc3nc2C)cn1. The van der Waals surface area contributed by atoms with Crippen molar-refractivity contribution >= 4 is 17.0 Å². The lowest BCUT2D eigenvalue weighted by atomic mass is 10.2. The van der Waals surface area contributed by atoms with Crippen molar-refractivity contribution in [3.8, 4) is 5.88 Å². The predicted octanol–water partition coefficient (Wildman–Crippen LogP) is 2.70. The second-order valence-electron chi connectivity index (χ2n) is 4.91. The van der Waals surface area contributed by atoms with Crippen LogP contribution in [0.25, 0.3) is 11.0 Å². The van der Waals surface area contributed by atoms with Gasteiger partial charge in [-0.2, -0.15) is 0 Å². The monoisotopic (exact) mass is 309 g/mol. The second-order valence-corrected chi connectivity index (χ2v) is 4.91. The van der Waals surface area contributed by atoms with E-state index in [0.717, 1.165) is 16.7 Å². The van der Waals surface area contributed by atoms with E-state index in [0.29, 0.717) is 17.1 Å². The van der Waals surface area contributed by atoms with Crippen LogP contribution in [-0.2, 0) is 11.3 Å². The van der Waals surface area contributed by atoms with Crippen LogP contribution >= 0.6 is 0 Å². The van der Waals surface area contributed by atoms with Crippen molar-refractivity contribution in [3.05, 3.63) is 59.5 Å². The van der Waals surface area contributed by atoms with Crippen molar-refractivity contribution in [1.82, 2.24) is 15.0 Å². The fourth-order valence-corrected chi connectivity index (χ4v) is 2.10. The highest BCUT2D eigenvalue weighted by atomic mass is 16.5. The summed E-state index contributed by atoms with van der Waals surface area (Å²) in [5, 5.41) is 0. The molecule has 3 aromatic rings. The summed E-state index contributed by atoms with van der Waals surface area (Å²) in [4.78, 5) is 25.0. The van der Waals surface area contributed by atoms with Crippen molar-refractivity contribution in [2.75, 3.05) is 7.11 Å². The van der Waals surface area contributed by atoms with Crippen LogP contribution in [0, 0.1) is 6.92 Å². The summed E-state index contributed by atoms with van der Waals surface area (Å²) < 4.78 is 10.2. The van der Waals surface area contributed by atoms with E-state index in [2.05, 4.69) is 15.0 Å². The highest BCUT2D eigenvalue weighted by molar-refractivity contribution is 5.89. The molecule has 116 valence electrons. The lowest BCUT2D eigenvalue weighted by molar-refractivity contribution is 0.0466. The number of benzene rings is 1. The summed E-state index contributed by atoms with van der Waals surface area (Å²) >= 11 is 0. The van der Waals surface area contributed by atoms with E-state index in [1.807, 2.05) is 31.2 Å². The van der Waals surface area contributed by atoms with Gasteiger partial charge in [-0.25, -0.2) is 19.7 Å². The fourth-order valence-electron chi connectivity index (χ4n) is 2.10. The molecular formula is C17H15N3O3. The number of pyridine rings is 1. The van der Waals surface area contributed by atoms with Gasteiger partial charge in [0, 0.05) is 12.3 Å². The van der Waals surface area contributed by atoms with Gasteiger partial charge in [-0.15, -0.1) is 0 Å². The van der Waals surface area contributed by atoms with Gasteiger partial charge in [0.2, 0.25) is 5.88 Å². The smallest absolute Gasteiger partial charge is 0.340 e. The number of carbonyl (C=O) groups is 1. The summed E-state index contributed by atoms with van der Waals surface area (Å²) in [7, 11) is 1.52. The second kappa shape index (κ2) is 6.39. The summed E-state index contributed by atoms with van der Waals surface area (Å²) in [6.45, 7) is 1.91. The van der Waals surface area contributed by atoms with E-state index in [-0.39, 0.29) is 6.61 Å². The maximum Gasteiger partial charge on any atom is 0.340 e. The third-order valence-corrected chi connectivity index (χ3v) is 3.36. The van der Waals surface area contributed by atoms with Gasteiger partial charge in [0.25, 0.3) is 0 Å². The van der Waals surface area contributed by atoms with Crippen molar-refractivity contribution in [1.29, 1.82) is 0 Å². The predicted molar refractivity (Wildman–Crippen MR) is 84.2 cm³/mol. The zero-order valence-electron chi connectivity index (χ0n) is 12.8. The average Bonchev–Trinajstić information content (AvgIpc) is 2.59. The molecule has 0 saturated heterocycles. The Morgan fingerprint density at radius 3 is 2.48 bits per heavy atom. The van der Waals surface area contributed by atoms with Gasteiger partial charge in [-0.3, -0.25) is 0 Å². The van der Waals surface area contributed by atoms with Crippen molar-refractivity contribution in [3.63, 3.8) is 0 Å². The molecule has 0 spiro atoms. The van der Waals surface area contributed by atoms with E-state index >= 15 is 0 Å². The number of aromatic nitrogens is 3. The highest BCUT2D eigenvalue weighted by Gasteiger charge is 2.11. The zero-order chi connectivity index (χ0) is 16.2. The standard InChI is InChI=1S/C17H15N3O3/c1-11-15(20-14-6-4-3-5-13(14)19-11)10-23-17(21)12-7-8-16(22-2)18-9-12/h3-9H,10H2,1-2H3. The van der Waals surface area contributed by atoms with E-state index in [9.17, 15) is 4.79 Å². The largest absolute Gasteiger partial charge is 0.481 e. The van der Waals surface area contributed by atoms with Gasteiger partial charge in [0.1, 0.15) is 6.61 Å². The first kappa shape index (κ1) is 14.9. The minimum Gasteiger partial charge on any atom is -0.481 e. The molecule has 2 heterocycles. The number of hydrogen-bond donors (Lipinski definition) is 0. The van der Waals surface area contributed by atoms with Crippen LogP contribution in [0.1, 0.15) is 21.7 Å². The molecule has 0 aliphatic heterocycles. The Hall–Kier alpha value is -3.02. The lowest BCUT2D eigenvalue weighted by Gasteiger charge is -2.08. The molecule has 1 aromatic carbocycles. The number of hydrogen-bond acceptors (Lipinski definition) is 6. The Balaban J connectivity index is 1.74. The van der Waals surface area contributed by atoms with Gasteiger partial charge in [-0.1, -0.05) is 12.1 Å². The fraction of sp³-hybridized carbons (Fsp3) is 0.176. The summed E-state index contributed by atoms with van der Waals surface area (Å²) in [6, 6.07) is 10.8. The van der Waals surface area contributed by atoms with Crippen LogP contribution in [0.5, 0.6) is 5.88 Å². The molecule has 23 heavy (non-hydrogen) atoms. The molecule has 6 heteroatoms. The molecule has 0 aliphatic carbocycles. The molecule has 2 aromatic heterocycles. The van der Waals surface area contributed by atoms with Gasteiger partial charge in [0.05, 0.1) is 35.1 Å². The molecule has 0 radical (unpaired) electrons. The maximum atomic E-state index is 12.0. The number of rotatable bonds is 4. The van der Waals surface area contributed by atoms with Gasteiger partial charge < -0.3 is 9.47 Å². The lowest BCUT2D eigenvalue weighted by Crippen LogP contribution is -2.08. The number of para-hydroxylation sites is 2. The van der Waals surface area contributed by atoms with Crippen LogP contribution in [-0.4, -0.2) is 28.0 Å². The molecule has 0 bridgehead atoms. The molecule has 0 fully saturated rings. The molecule has 0 N–H and O–H groups in total. The van der Waals surface area contributed by atoms with Crippen molar-refractivity contribution < 1.29 is 14.3 Å². The third kappa shape index (κ3) is 3.26. The van der Waals surface area contributed by atoms with E-state index in [4.69, 9.17) is 9.47 Å². The summed E-state index contributed by atoms with van der Waals surface area (Å²) in [5.74, 6) is -0.0210. The number of fused-ring (bicyclic) bond motifs is 1. The molecule has 0 unspecified atom stereocenters. The molecule has 0 saturated carbocycles. The molecule has 3 rings (SSSR count). The number of ether oxygens (including phenoxy) is 2. The maximum absolute atomic E-state index is 12.0. The molecule has 0 atom stereocenters. The van der Waals surface area contributed by atoms with Gasteiger partial charge >= 0.3 is 5.97 Å². The highest BCUT2D eigenvalue weighted by Crippen LogP contribution is 2.14. The van der Waals surface area contributed by atoms with E-state index in [1.54, 1.807) is 12.1 Å². The molecule has 0 aliphatic rings.